The maximum atomic E-state index is 15.5. The third-order valence-corrected chi connectivity index (χ3v) is 16.0. The van der Waals surface area contributed by atoms with Gasteiger partial charge in [0.05, 0.1) is 45.1 Å². The third kappa shape index (κ3) is 6.20. The molecule has 1 saturated carbocycles. The molecule has 1 N–H and O–H groups in total. The number of aromatic nitrogens is 2. The molecule has 0 bridgehead atoms. The van der Waals surface area contributed by atoms with Crippen molar-refractivity contribution >= 4 is 96.0 Å². The SMILES string of the molecule is Cc1c(-c2cc(N3C(=O)[C@@H]4C[C@@H]5C(=CC[C@@H]6C(=O)N(c7ccc(N=Nc8ccc(N(C)C)cc8)cc7)C(=O)[C@@H]65)[C@H](c5ccc(O)c6ccccc56)[C@]4(C)C3=O)n(C)n2)sc2ccc(Cl)cc12. The van der Waals surface area contributed by atoms with Gasteiger partial charge < -0.3 is 10.0 Å². The molecule has 12 nitrogen and oxygen atoms in total. The second-order valence-electron chi connectivity index (χ2n) is 18.2. The summed E-state index contributed by atoms with van der Waals surface area (Å²) in [6, 6.07) is 33.1. The van der Waals surface area contributed by atoms with Gasteiger partial charge in [-0.05, 0) is 127 Å². The first-order chi connectivity index (χ1) is 31.7. The number of nitrogens with zero attached hydrogens (tertiary/aromatic N) is 7. The summed E-state index contributed by atoms with van der Waals surface area (Å²) in [4.78, 5) is 65.5. The maximum Gasteiger partial charge on any atom is 0.242 e. The van der Waals surface area contributed by atoms with E-state index in [0.29, 0.717) is 45.4 Å². The van der Waals surface area contributed by atoms with Crippen LogP contribution in [0.25, 0.3) is 31.4 Å². The van der Waals surface area contributed by atoms with Gasteiger partial charge in [0.2, 0.25) is 23.6 Å². The minimum absolute atomic E-state index is 0.0936. The molecule has 2 aromatic heterocycles. The Labute approximate surface area is 389 Å². The highest BCUT2D eigenvalue weighted by Crippen LogP contribution is 2.64. The minimum Gasteiger partial charge on any atom is -0.507 e. The number of rotatable bonds is 7. The molecule has 0 spiro atoms. The van der Waals surface area contributed by atoms with Crippen molar-refractivity contribution < 1.29 is 24.3 Å². The highest BCUT2D eigenvalue weighted by atomic mass is 35.5. The van der Waals surface area contributed by atoms with Crippen molar-refractivity contribution in [2.24, 2.45) is 46.4 Å². The second-order valence-corrected chi connectivity index (χ2v) is 19.7. The fraction of sp³-hybridized carbons (Fsp3) is 0.250. The van der Waals surface area contributed by atoms with E-state index in [1.807, 2.05) is 112 Å². The van der Waals surface area contributed by atoms with Gasteiger partial charge in [0.25, 0.3) is 0 Å². The summed E-state index contributed by atoms with van der Waals surface area (Å²) in [5.74, 6) is -4.40. The van der Waals surface area contributed by atoms with Gasteiger partial charge in [-0.2, -0.15) is 15.3 Å². The Morgan fingerprint density at radius 1 is 0.803 bits per heavy atom. The van der Waals surface area contributed by atoms with Crippen molar-refractivity contribution in [1.29, 1.82) is 0 Å². The van der Waals surface area contributed by atoms with Gasteiger partial charge in [-0.25, -0.2) is 4.90 Å². The first-order valence-corrected chi connectivity index (χ1v) is 23.1. The Balaban J connectivity index is 0.964. The molecule has 2 saturated heterocycles. The van der Waals surface area contributed by atoms with Crippen LogP contribution in [0.1, 0.15) is 36.8 Å². The van der Waals surface area contributed by atoms with Crippen LogP contribution in [0.3, 0.4) is 0 Å². The Morgan fingerprint density at radius 2 is 1.50 bits per heavy atom. The number of aryl methyl sites for hydroxylation is 2. The van der Waals surface area contributed by atoms with Gasteiger partial charge in [0.1, 0.15) is 17.3 Å². The number of hydrogen-bond acceptors (Lipinski definition) is 10. The molecule has 3 fully saturated rings. The van der Waals surface area contributed by atoms with Crippen molar-refractivity contribution in [2.45, 2.75) is 32.6 Å². The zero-order valence-corrected chi connectivity index (χ0v) is 38.3. The fourth-order valence-corrected chi connectivity index (χ4v) is 12.5. The number of phenols is 1. The fourth-order valence-electron chi connectivity index (χ4n) is 11.2. The van der Waals surface area contributed by atoms with Gasteiger partial charge in [-0.15, -0.1) is 11.3 Å². The van der Waals surface area contributed by atoms with E-state index in [4.69, 9.17) is 16.7 Å². The van der Waals surface area contributed by atoms with E-state index in [9.17, 15) is 14.7 Å². The average molecular weight is 914 g/mol. The minimum atomic E-state index is -1.30. The molecule has 11 rings (SSSR count). The van der Waals surface area contributed by atoms with E-state index < -0.39 is 35.0 Å². The van der Waals surface area contributed by atoms with E-state index >= 15 is 9.59 Å². The summed E-state index contributed by atoms with van der Waals surface area (Å²) < 4.78 is 2.63. The van der Waals surface area contributed by atoms with Crippen molar-refractivity contribution in [3.05, 3.63) is 137 Å². The lowest BCUT2D eigenvalue weighted by molar-refractivity contribution is -0.131. The average Bonchev–Trinajstić information content (AvgIpc) is 3.99. The molecule has 0 radical (unpaired) electrons. The Morgan fingerprint density at radius 3 is 2.21 bits per heavy atom. The van der Waals surface area contributed by atoms with Gasteiger partial charge in [0.15, 0.2) is 0 Å². The van der Waals surface area contributed by atoms with Crippen LogP contribution in [-0.2, 0) is 26.2 Å². The van der Waals surface area contributed by atoms with Gasteiger partial charge >= 0.3 is 0 Å². The number of thiophene rings is 1. The number of azo groups is 1. The number of carbonyl (C=O) groups excluding carboxylic acids is 4. The molecular weight excluding hydrogens is 870 g/mol. The second kappa shape index (κ2) is 15.3. The van der Waals surface area contributed by atoms with Crippen LogP contribution in [0.2, 0.25) is 5.02 Å². The highest BCUT2D eigenvalue weighted by molar-refractivity contribution is 7.22. The van der Waals surface area contributed by atoms with Crippen LogP contribution in [0.15, 0.2) is 131 Å². The summed E-state index contributed by atoms with van der Waals surface area (Å²) in [7, 11) is 5.67. The molecule has 2 aliphatic carbocycles. The summed E-state index contributed by atoms with van der Waals surface area (Å²) in [6.45, 7) is 3.89. The Kier molecular flexibility index (Phi) is 9.68. The molecular formula is C52H44ClN7O5S. The number of benzene rings is 5. The number of fused-ring (bicyclic) bond motifs is 6. The van der Waals surface area contributed by atoms with Gasteiger partial charge in [-0.3, -0.25) is 28.8 Å². The predicted molar refractivity (Wildman–Crippen MR) is 258 cm³/mol. The topological polar surface area (TPSA) is 141 Å². The van der Waals surface area contributed by atoms with Crippen LogP contribution in [0.4, 0.5) is 28.6 Å². The molecule has 4 heterocycles. The Hall–Kier alpha value is -6.96. The molecule has 14 heteroatoms. The van der Waals surface area contributed by atoms with E-state index in [1.165, 1.54) is 9.80 Å². The van der Waals surface area contributed by atoms with Crippen molar-refractivity contribution in [3.8, 4) is 16.3 Å². The summed E-state index contributed by atoms with van der Waals surface area (Å²) >= 11 is 7.94. The summed E-state index contributed by atoms with van der Waals surface area (Å²) in [5.41, 5.74) is 4.68. The predicted octanol–water partition coefficient (Wildman–Crippen LogP) is 11.0. The standard InChI is InChI=1S/C52H44ClN7O5S/c1-27-38-24-28(53)10-23-43(38)66-47(27)41-26-44(58(5)56-41)60-49(63)40-25-39-36(46(52(40,2)51(60)65)35-21-22-42(61)34-9-7-6-8-33(34)35)19-20-37-45(39)50(64)59(48(37)62)32-17-13-30(14-18-32)55-54-29-11-15-31(16-12-29)57(3)4/h6-19,21-24,26,37,39-40,45-46,61H,20,25H2,1-5H3/t37-,39+,40-,45-,46-,52+/m0/s1. The first-order valence-electron chi connectivity index (χ1n) is 21.9. The monoisotopic (exact) mass is 913 g/mol. The molecule has 4 aliphatic rings. The van der Waals surface area contributed by atoms with Crippen LogP contribution >= 0.6 is 22.9 Å². The number of imide groups is 2. The summed E-state index contributed by atoms with van der Waals surface area (Å²) in [6.07, 6.45) is 2.53. The lowest BCUT2D eigenvalue weighted by Gasteiger charge is -2.49. The largest absolute Gasteiger partial charge is 0.507 e. The third-order valence-electron chi connectivity index (χ3n) is 14.5. The van der Waals surface area contributed by atoms with Crippen molar-refractivity contribution in [1.82, 2.24) is 9.78 Å². The number of hydrogen-bond donors (Lipinski definition) is 1. The van der Waals surface area contributed by atoms with Crippen molar-refractivity contribution in [2.75, 3.05) is 28.8 Å². The van der Waals surface area contributed by atoms with Crippen LogP contribution in [0.5, 0.6) is 5.75 Å². The van der Waals surface area contributed by atoms with Crippen LogP contribution < -0.4 is 14.7 Å². The molecule has 6 atom stereocenters. The molecule has 4 amide bonds. The van der Waals surface area contributed by atoms with E-state index in [1.54, 1.807) is 59.5 Å². The Bertz CT molecular complexity index is 3280. The first kappa shape index (κ1) is 41.7. The molecule has 2 aliphatic heterocycles. The number of allylic oxidation sites excluding steroid dienone is 2. The summed E-state index contributed by atoms with van der Waals surface area (Å²) in [5, 5.41) is 27.7. The zero-order chi connectivity index (χ0) is 45.9. The lowest BCUT2D eigenvalue weighted by atomic mass is 9.51. The number of carbonyl (C=O) groups is 4. The van der Waals surface area contributed by atoms with Crippen LogP contribution in [0, 0.1) is 36.0 Å². The molecule has 0 unspecified atom stereocenters. The number of halogens is 1. The van der Waals surface area contributed by atoms with E-state index in [2.05, 4.69) is 10.2 Å². The molecule has 66 heavy (non-hydrogen) atoms. The number of anilines is 3. The number of aromatic hydroxyl groups is 1. The maximum absolute atomic E-state index is 15.5. The molecule has 7 aromatic rings. The number of amides is 4. The van der Waals surface area contributed by atoms with Crippen molar-refractivity contribution in [3.63, 3.8) is 0 Å². The van der Waals surface area contributed by atoms with E-state index in [0.717, 1.165) is 42.7 Å². The quantitative estimate of drug-likeness (QED) is 0.0953. The highest BCUT2D eigenvalue weighted by Gasteiger charge is 2.68. The van der Waals surface area contributed by atoms with Gasteiger partial charge in [-0.1, -0.05) is 53.6 Å². The van der Waals surface area contributed by atoms with Gasteiger partial charge in [0, 0.05) is 53.9 Å². The molecule has 5 aromatic carbocycles. The smallest absolute Gasteiger partial charge is 0.242 e. The zero-order valence-electron chi connectivity index (χ0n) is 36.8. The van der Waals surface area contributed by atoms with Crippen LogP contribution in [-0.4, -0.2) is 52.6 Å². The van der Waals surface area contributed by atoms with E-state index in [-0.39, 0.29) is 35.8 Å². The lowest BCUT2D eigenvalue weighted by Crippen LogP contribution is -2.49. The number of phenolic OH excluding ortho intramolecular Hbond substituents is 1. The molecule has 330 valence electrons. The normalized spacial score (nSPS) is 23.8.